The van der Waals surface area contributed by atoms with Crippen molar-refractivity contribution in [3.8, 4) is 0 Å². The Labute approximate surface area is 94.2 Å². The van der Waals surface area contributed by atoms with Gasteiger partial charge in [0, 0.05) is 0 Å². The van der Waals surface area contributed by atoms with Crippen LogP contribution in [-0.2, 0) is 18.8 Å². The summed E-state index contributed by atoms with van der Waals surface area (Å²) in [6.07, 6.45) is -9.66. The quantitative estimate of drug-likeness (QED) is 0.674. The molecule has 0 unspecified atom stereocenters. The summed E-state index contributed by atoms with van der Waals surface area (Å²) in [5.74, 6) is 0. The van der Waals surface area contributed by atoms with Crippen LogP contribution in [0.4, 0.5) is 26.3 Å². The van der Waals surface area contributed by atoms with Crippen LogP contribution in [0.5, 0.6) is 0 Å². The maximum absolute atomic E-state index is 12.7. The van der Waals surface area contributed by atoms with E-state index in [0.717, 1.165) is 12.1 Å². The third-order valence-corrected chi connectivity index (χ3v) is 2.26. The molecule has 1 rings (SSSR count). The van der Waals surface area contributed by atoms with Crippen LogP contribution >= 0.6 is 0 Å². The van der Waals surface area contributed by atoms with Crippen LogP contribution in [0, 0.1) is 0 Å². The van der Waals surface area contributed by atoms with Crippen LogP contribution in [0.2, 0.25) is 0 Å². The van der Waals surface area contributed by atoms with E-state index in [0.29, 0.717) is 12.5 Å². The molecule has 6 heteroatoms. The first-order valence-corrected chi connectivity index (χ1v) is 4.94. The van der Waals surface area contributed by atoms with Crippen molar-refractivity contribution in [3.05, 3.63) is 34.9 Å². The van der Waals surface area contributed by atoms with Gasteiger partial charge in [-0.25, -0.2) is 0 Å². The molecule has 96 valence electrons. The Bertz CT molecular complexity index is 388. The molecule has 0 aliphatic heterocycles. The van der Waals surface area contributed by atoms with E-state index in [1.807, 2.05) is 0 Å². The molecule has 0 fully saturated rings. The van der Waals surface area contributed by atoms with Gasteiger partial charge in [-0.1, -0.05) is 25.5 Å². The number of benzene rings is 1. The first kappa shape index (κ1) is 13.9. The first-order valence-electron chi connectivity index (χ1n) is 4.94. The molecule has 1 aromatic carbocycles. The number of alkyl halides is 6. The monoisotopic (exact) mass is 256 g/mol. The Kier molecular flexibility index (Phi) is 3.74. The highest BCUT2D eigenvalue weighted by atomic mass is 19.4. The van der Waals surface area contributed by atoms with Gasteiger partial charge in [0.05, 0.1) is 11.1 Å². The highest BCUT2D eigenvalue weighted by molar-refractivity contribution is 5.39. The van der Waals surface area contributed by atoms with Crippen molar-refractivity contribution >= 4 is 0 Å². The molecular weight excluding hydrogens is 246 g/mol. The second-order valence-corrected chi connectivity index (χ2v) is 3.59. The van der Waals surface area contributed by atoms with E-state index in [1.165, 1.54) is 0 Å². The Morgan fingerprint density at radius 3 is 1.94 bits per heavy atom. The SMILES string of the molecule is CCCc1cccc(C(F)(F)F)c1C(F)(F)F. The van der Waals surface area contributed by atoms with E-state index >= 15 is 0 Å². The van der Waals surface area contributed by atoms with Gasteiger partial charge in [-0.15, -0.1) is 0 Å². The smallest absolute Gasteiger partial charge is 0.166 e. The molecule has 0 radical (unpaired) electrons. The standard InChI is InChI=1S/C11H10F6/c1-2-4-7-5-3-6-8(10(12,13)14)9(7)11(15,16)17/h3,5-6H,2,4H2,1H3. The number of halogens is 6. The summed E-state index contributed by atoms with van der Waals surface area (Å²) in [4.78, 5) is 0. The fourth-order valence-corrected chi connectivity index (χ4v) is 1.65. The minimum Gasteiger partial charge on any atom is -0.166 e. The second kappa shape index (κ2) is 4.58. The predicted octanol–water partition coefficient (Wildman–Crippen LogP) is 4.68. The third-order valence-electron chi connectivity index (χ3n) is 2.26. The summed E-state index contributed by atoms with van der Waals surface area (Å²) in [6.45, 7) is 1.61. The lowest BCUT2D eigenvalue weighted by Gasteiger charge is -2.18. The van der Waals surface area contributed by atoms with Gasteiger partial charge in [0.25, 0.3) is 0 Å². The molecule has 17 heavy (non-hydrogen) atoms. The summed E-state index contributed by atoms with van der Waals surface area (Å²) >= 11 is 0. The van der Waals surface area contributed by atoms with E-state index in [9.17, 15) is 26.3 Å². The van der Waals surface area contributed by atoms with Gasteiger partial charge in [-0.05, 0) is 18.1 Å². The van der Waals surface area contributed by atoms with Crippen molar-refractivity contribution in [2.45, 2.75) is 32.1 Å². The van der Waals surface area contributed by atoms with Gasteiger partial charge in [-0.3, -0.25) is 0 Å². The topological polar surface area (TPSA) is 0 Å². The van der Waals surface area contributed by atoms with Gasteiger partial charge in [-0.2, -0.15) is 26.3 Å². The van der Waals surface area contributed by atoms with Crippen LogP contribution in [0.3, 0.4) is 0 Å². The van der Waals surface area contributed by atoms with Gasteiger partial charge >= 0.3 is 12.4 Å². The van der Waals surface area contributed by atoms with E-state index in [4.69, 9.17) is 0 Å². The Hall–Kier alpha value is -1.20. The Morgan fingerprint density at radius 2 is 1.53 bits per heavy atom. The predicted molar refractivity (Wildman–Crippen MR) is 50.4 cm³/mol. The van der Waals surface area contributed by atoms with Crippen molar-refractivity contribution in [1.82, 2.24) is 0 Å². The molecule has 0 saturated carbocycles. The highest BCUT2D eigenvalue weighted by Crippen LogP contribution is 2.42. The second-order valence-electron chi connectivity index (χ2n) is 3.59. The molecule has 0 spiro atoms. The van der Waals surface area contributed by atoms with E-state index < -0.39 is 23.5 Å². The lowest BCUT2D eigenvalue weighted by atomic mass is 9.97. The summed E-state index contributed by atoms with van der Waals surface area (Å²) in [6, 6.07) is 2.55. The van der Waals surface area contributed by atoms with Crippen molar-refractivity contribution < 1.29 is 26.3 Å². The fraction of sp³-hybridized carbons (Fsp3) is 0.455. The zero-order chi connectivity index (χ0) is 13.3. The fourth-order valence-electron chi connectivity index (χ4n) is 1.65. The van der Waals surface area contributed by atoms with Gasteiger partial charge in [0.2, 0.25) is 0 Å². The molecule has 0 aliphatic rings. The average molecular weight is 256 g/mol. The molecule has 0 N–H and O–H groups in total. The molecule has 0 atom stereocenters. The number of rotatable bonds is 2. The number of hydrogen-bond donors (Lipinski definition) is 0. The number of hydrogen-bond acceptors (Lipinski definition) is 0. The molecule has 0 bridgehead atoms. The maximum atomic E-state index is 12.7. The Balaban J connectivity index is 3.46. The van der Waals surface area contributed by atoms with Crippen molar-refractivity contribution in [1.29, 1.82) is 0 Å². The van der Waals surface area contributed by atoms with Gasteiger partial charge < -0.3 is 0 Å². The first-order chi connectivity index (χ1) is 7.68. The minimum absolute atomic E-state index is 0.0290. The van der Waals surface area contributed by atoms with E-state index in [1.54, 1.807) is 6.92 Å². The molecule has 0 nitrogen and oxygen atoms in total. The van der Waals surface area contributed by atoms with E-state index in [2.05, 4.69) is 0 Å². The zero-order valence-corrected chi connectivity index (χ0v) is 8.91. The molecule has 0 heterocycles. The van der Waals surface area contributed by atoms with Gasteiger partial charge in [0.1, 0.15) is 0 Å². The zero-order valence-electron chi connectivity index (χ0n) is 8.91. The molecule has 0 aliphatic carbocycles. The van der Waals surface area contributed by atoms with Gasteiger partial charge in [0.15, 0.2) is 0 Å². The van der Waals surface area contributed by atoms with Crippen LogP contribution in [0.1, 0.15) is 30.0 Å². The van der Waals surface area contributed by atoms with E-state index in [-0.39, 0.29) is 12.0 Å². The summed E-state index contributed by atoms with van der Waals surface area (Å²) < 4.78 is 75.5. The van der Waals surface area contributed by atoms with Crippen LogP contribution in [0.15, 0.2) is 18.2 Å². The van der Waals surface area contributed by atoms with Crippen molar-refractivity contribution in [3.63, 3.8) is 0 Å². The summed E-state index contributed by atoms with van der Waals surface area (Å²) in [7, 11) is 0. The average Bonchev–Trinajstić information content (AvgIpc) is 2.14. The summed E-state index contributed by atoms with van der Waals surface area (Å²) in [5, 5.41) is 0. The van der Waals surface area contributed by atoms with Crippen LogP contribution in [0.25, 0.3) is 0 Å². The highest BCUT2D eigenvalue weighted by Gasteiger charge is 2.44. The minimum atomic E-state index is -4.99. The lowest BCUT2D eigenvalue weighted by Crippen LogP contribution is -2.18. The van der Waals surface area contributed by atoms with Crippen LogP contribution in [-0.4, -0.2) is 0 Å². The molecule has 0 amide bonds. The third kappa shape index (κ3) is 3.14. The molecule has 1 aromatic rings. The maximum Gasteiger partial charge on any atom is 0.417 e. The normalized spacial score (nSPS) is 12.9. The molecular formula is C11H10F6. The summed E-state index contributed by atoms with van der Waals surface area (Å²) in [5.41, 5.74) is -3.49. The Morgan fingerprint density at radius 1 is 0.941 bits per heavy atom. The van der Waals surface area contributed by atoms with Crippen LogP contribution < -0.4 is 0 Å². The molecule has 0 saturated heterocycles. The molecule has 0 aromatic heterocycles. The largest absolute Gasteiger partial charge is 0.417 e. The van der Waals surface area contributed by atoms with Crippen molar-refractivity contribution in [2.75, 3.05) is 0 Å². The van der Waals surface area contributed by atoms with Crippen molar-refractivity contribution in [2.24, 2.45) is 0 Å². The number of aryl methyl sites for hydroxylation is 1. The lowest BCUT2D eigenvalue weighted by molar-refractivity contribution is -0.162.